The van der Waals surface area contributed by atoms with Gasteiger partial charge >= 0.3 is 18.3 Å². The van der Waals surface area contributed by atoms with Gasteiger partial charge in [0, 0.05) is 29.8 Å². The maximum atomic E-state index is 14.1. The van der Waals surface area contributed by atoms with Crippen molar-refractivity contribution in [3.05, 3.63) is 92.9 Å². The quantitative estimate of drug-likeness (QED) is 0.294. The van der Waals surface area contributed by atoms with Crippen molar-refractivity contribution in [2.45, 2.75) is 48.9 Å². The van der Waals surface area contributed by atoms with Crippen LogP contribution >= 0.6 is 11.8 Å². The van der Waals surface area contributed by atoms with Crippen molar-refractivity contribution in [1.29, 1.82) is 0 Å². The van der Waals surface area contributed by atoms with Crippen LogP contribution < -0.4 is 15.2 Å². The molecule has 2 aliphatic rings. The Morgan fingerprint density at radius 2 is 1.68 bits per heavy atom. The lowest BCUT2D eigenvalue weighted by atomic mass is 9.91. The third kappa shape index (κ3) is 5.04. The predicted molar refractivity (Wildman–Crippen MR) is 136 cm³/mol. The van der Waals surface area contributed by atoms with Crippen LogP contribution in [0.15, 0.2) is 64.4 Å². The van der Waals surface area contributed by atoms with E-state index in [1.54, 1.807) is 24.3 Å². The number of pyridine rings is 1. The van der Waals surface area contributed by atoms with Crippen molar-refractivity contribution in [3.63, 3.8) is 0 Å². The van der Waals surface area contributed by atoms with Crippen LogP contribution in [0.4, 0.5) is 26.3 Å². The highest BCUT2D eigenvalue weighted by molar-refractivity contribution is 7.98. The molecule has 1 aromatic heterocycles. The molecule has 41 heavy (non-hydrogen) atoms. The molecule has 7 nitrogen and oxygen atoms in total. The standard InChI is InChI=1S/C27H21F6N3O4S/c1-14(26(28,29)30)34-13-36(35-11-10-20(38)24(40-15(2)37)23(35)25(34)39)22-16-7-5-8-19(27(31,32)33)18(16)12-41-21-9-4-3-6-17(21)22/h3-11,14,22H,12-13H2,1-2H3/t14-,22+/m1/s1. The molecule has 2 aliphatic heterocycles. The third-order valence-electron chi connectivity index (χ3n) is 6.96. The molecular formula is C27H21F6N3O4S. The molecule has 0 spiro atoms. The first-order valence-corrected chi connectivity index (χ1v) is 13.2. The number of aromatic nitrogens is 1. The summed E-state index contributed by atoms with van der Waals surface area (Å²) in [6.07, 6.45) is -8.47. The van der Waals surface area contributed by atoms with Crippen molar-refractivity contribution in [3.8, 4) is 5.75 Å². The number of carbonyl (C=O) groups excluding carboxylic acids is 2. The Kier molecular flexibility index (Phi) is 7.08. The highest BCUT2D eigenvalue weighted by atomic mass is 32.2. The van der Waals surface area contributed by atoms with Gasteiger partial charge in [-0.2, -0.15) is 26.3 Å². The summed E-state index contributed by atoms with van der Waals surface area (Å²) in [7, 11) is 0. The number of hydrogen-bond acceptors (Lipinski definition) is 6. The number of amides is 1. The zero-order valence-electron chi connectivity index (χ0n) is 21.4. The molecule has 0 unspecified atom stereocenters. The van der Waals surface area contributed by atoms with Crippen LogP contribution in [0.25, 0.3) is 0 Å². The first-order chi connectivity index (χ1) is 19.2. The molecule has 0 saturated heterocycles. The molecule has 0 bridgehead atoms. The number of hydrogen-bond donors (Lipinski definition) is 0. The van der Waals surface area contributed by atoms with Gasteiger partial charge in [0.05, 0.1) is 11.6 Å². The van der Waals surface area contributed by atoms with E-state index in [9.17, 15) is 40.7 Å². The second-order valence-corrected chi connectivity index (χ2v) is 10.5. The lowest BCUT2D eigenvalue weighted by Crippen LogP contribution is -2.60. The minimum atomic E-state index is -4.89. The summed E-state index contributed by atoms with van der Waals surface area (Å²) in [6, 6.07) is 7.75. The summed E-state index contributed by atoms with van der Waals surface area (Å²) in [5.41, 5.74) is -1.92. The fourth-order valence-corrected chi connectivity index (χ4v) is 6.17. The van der Waals surface area contributed by atoms with Crippen molar-refractivity contribution in [1.82, 2.24) is 9.58 Å². The smallest absolute Gasteiger partial charge is 0.416 e. The van der Waals surface area contributed by atoms with Crippen LogP contribution in [0.1, 0.15) is 52.6 Å². The molecule has 14 heteroatoms. The Labute approximate surface area is 233 Å². The van der Waals surface area contributed by atoms with E-state index in [0.29, 0.717) is 15.4 Å². The number of fused-ring (bicyclic) bond motifs is 3. The first kappa shape index (κ1) is 28.6. The van der Waals surface area contributed by atoms with Crippen molar-refractivity contribution in [2.75, 3.05) is 11.7 Å². The number of thioether (sulfide) groups is 1. The average molecular weight is 598 g/mol. The molecule has 3 aromatic rings. The number of ether oxygens (including phenoxy) is 1. The van der Waals surface area contributed by atoms with Gasteiger partial charge in [-0.3, -0.25) is 24.1 Å². The molecule has 3 heterocycles. The average Bonchev–Trinajstić information content (AvgIpc) is 3.05. The summed E-state index contributed by atoms with van der Waals surface area (Å²) in [5, 5.41) is 1.27. The normalized spacial score (nSPS) is 17.8. The molecule has 5 rings (SSSR count). The highest BCUT2D eigenvalue weighted by Crippen LogP contribution is 2.46. The SMILES string of the molecule is CC(=O)Oc1c2n(ccc1=O)N([C@@H]1c3ccccc3SCc3c1cccc3C(F)(F)F)CN([C@H](C)C(F)(F)F)C2=O. The topological polar surface area (TPSA) is 71.8 Å². The van der Waals surface area contributed by atoms with Gasteiger partial charge in [0.1, 0.15) is 12.7 Å². The Morgan fingerprint density at radius 1 is 1.00 bits per heavy atom. The second kappa shape index (κ2) is 10.2. The largest absolute Gasteiger partial charge is 0.420 e. The summed E-state index contributed by atoms with van der Waals surface area (Å²) in [4.78, 5) is 39.1. The fourth-order valence-electron chi connectivity index (χ4n) is 5.03. The number of carbonyl (C=O) groups is 2. The molecule has 216 valence electrons. The fraction of sp³-hybridized carbons (Fsp3) is 0.296. The van der Waals surface area contributed by atoms with Crippen LogP contribution in [0.5, 0.6) is 5.75 Å². The predicted octanol–water partition coefficient (Wildman–Crippen LogP) is 5.49. The zero-order valence-corrected chi connectivity index (χ0v) is 22.2. The molecule has 2 aromatic carbocycles. The van der Waals surface area contributed by atoms with Crippen LogP contribution in [-0.4, -0.2) is 40.3 Å². The number of benzene rings is 2. The molecule has 0 radical (unpaired) electrons. The van der Waals surface area contributed by atoms with E-state index in [1.165, 1.54) is 17.1 Å². The Morgan fingerprint density at radius 3 is 2.34 bits per heavy atom. The van der Waals surface area contributed by atoms with Gasteiger partial charge in [-0.25, -0.2) is 0 Å². The lowest BCUT2D eigenvalue weighted by Gasteiger charge is -2.46. The van der Waals surface area contributed by atoms with Crippen LogP contribution in [0.2, 0.25) is 0 Å². The molecule has 0 aliphatic carbocycles. The molecular weight excluding hydrogens is 576 g/mol. The van der Waals surface area contributed by atoms with Crippen molar-refractivity contribution in [2.24, 2.45) is 0 Å². The van der Waals surface area contributed by atoms with Gasteiger partial charge in [0.2, 0.25) is 11.2 Å². The van der Waals surface area contributed by atoms with Gasteiger partial charge in [-0.05, 0) is 35.7 Å². The van der Waals surface area contributed by atoms with E-state index in [1.807, 2.05) is 0 Å². The monoisotopic (exact) mass is 597 g/mol. The van der Waals surface area contributed by atoms with Gasteiger partial charge in [0.15, 0.2) is 5.69 Å². The summed E-state index contributed by atoms with van der Waals surface area (Å²) >= 11 is 1.14. The molecule has 1 amide bonds. The van der Waals surface area contributed by atoms with Crippen LogP contribution in [-0.2, 0) is 16.7 Å². The maximum absolute atomic E-state index is 14.1. The number of rotatable bonds is 3. The maximum Gasteiger partial charge on any atom is 0.416 e. The Bertz CT molecular complexity index is 1600. The van der Waals surface area contributed by atoms with E-state index >= 15 is 0 Å². The summed E-state index contributed by atoms with van der Waals surface area (Å²) in [5.74, 6) is -3.09. The molecule has 2 atom stereocenters. The van der Waals surface area contributed by atoms with Gasteiger partial charge in [-0.1, -0.05) is 30.3 Å². The van der Waals surface area contributed by atoms with E-state index in [0.717, 1.165) is 48.6 Å². The molecule has 0 fully saturated rings. The van der Waals surface area contributed by atoms with Crippen LogP contribution in [0, 0.1) is 0 Å². The minimum absolute atomic E-state index is 0.0682. The Hall–Kier alpha value is -3.94. The number of alkyl halides is 6. The van der Waals surface area contributed by atoms with E-state index in [-0.39, 0.29) is 16.9 Å². The lowest BCUT2D eigenvalue weighted by molar-refractivity contribution is -0.173. The highest BCUT2D eigenvalue weighted by Gasteiger charge is 2.48. The molecule has 0 saturated carbocycles. The minimum Gasteiger partial charge on any atom is -0.420 e. The summed E-state index contributed by atoms with van der Waals surface area (Å²) < 4.78 is 90.4. The van der Waals surface area contributed by atoms with E-state index in [4.69, 9.17) is 4.74 Å². The number of nitrogens with zero attached hydrogens (tertiary/aromatic N) is 3. The van der Waals surface area contributed by atoms with Gasteiger partial charge < -0.3 is 9.64 Å². The number of esters is 1. The zero-order chi connectivity index (χ0) is 29.9. The Balaban J connectivity index is 1.83. The van der Waals surface area contributed by atoms with Gasteiger partial charge in [-0.15, -0.1) is 11.8 Å². The third-order valence-corrected chi connectivity index (χ3v) is 8.07. The van der Waals surface area contributed by atoms with Crippen molar-refractivity contribution >= 4 is 23.6 Å². The van der Waals surface area contributed by atoms with Gasteiger partial charge in [0.25, 0.3) is 5.91 Å². The number of halogens is 6. The first-order valence-electron chi connectivity index (χ1n) is 12.2. The van der Waals surface area contributed by atoms with Crippen LogP contribution in [0.3, 0.4) is 0 Å². The summed E-state index contributed by atoms with van der Waals surface area (Å²) in [6.45, 7) is 0.998. The van der Waals surface area contributed by atoms with E-state index < -0.39 is 65.4 Å². The second-order valence-electron chi connectivity index (χ2n) is 9.47. The van der Waals surface area contributed by atoms with Crippen molar-refractivity contribution < 1.29 is 40.7 Å². The molecule has 0 N–H and O–H groups in total. The van der Waals surface area contributed by atoms with E-state index in [2.05, 4.69) is 0 Å².